The van der Waals surface area contributed by atoms with Crippen LogP contribution in [0.25, 0.3) is 5.69 Å². The Morgan fingerprint density at radius 1 is 1.14 bits per heavy atom. The lowest BCUT2D eigenvalue weighted by atomic mass is 9.99. The molecule has 1 atom stereocenters. The minimum Gasteiger partial charge on any atom is -0.318 e. The lowest BCUT2D eigenvalue weighted by Gasteiger charge is -2.09. The van der Waals surface area contributed by atoms with Gasteiger partial charge in [-0.05, 0) is 56.0 Å². The molecule has 0 fully saturated rings. The second kappa shape index (κ2) is 8.21. The van der Waals surface area contributed by atoms with Crippen LogP contribution in [0.3, 0.4) is 0 Å². The molecule has 0 spiro atoms. The zero-order valence-corrected chi connectivity index (χ0v) is 16.7. The first-order valence-electron chi connectivity index (χ1n) is 9.48. The van der Waals surface area contributed by atoms with E-state index in [0.717, 1.165) is 34.7 Å². The molecule has 28 heavy (non-hydrogen) atoms. The summed E-state index contributed by atoms with van der Waals surface area (Å²) in [5.41, 5.74) is 6.10. The molecule has 3 rings (SSSR count). The number of nitro groups is 1. The molecule has 0 aliphatic rings. The SMILES string of the molecule is CC[C@H](C)c1ccc(N=Cc2cc(C)n(-c3cccc([N+](=O)[O-])c3)c2C)cc1. The van der Waals surface area contributed by atoms with E-state index in [9.17, 15) is 10.1 Å². The van der Waals surface area contributed by atoms with Crippen molar-refractivity contribution in [3.05, 3.63) is 87.2 Å². The third-order valence-corrected chi connectivity index (χ3v) is 5.20. The van der Waals surface area contributed by atoms with Gasteiger partial charge in [-0.15, -0.1) is 0 Å². The number of benzene rings is 2. The van der Waals surface area contributed by atoms with Crippen LogP contribution in [0.15, 0.2) is 59.6 Å². The lowest BCUT2D eigenvalue weighted by Crippen LogP contribution is -2.00. The van der Waals surface area contributed by atoms with Crippen molar-refractivity contribution in [2.45, 2.75) is 40.0 Å². The maximum Gasteiger partial charge on any atom is 0.271 e. The first kappa shape index (κ1) is 19.5. The number of hydrogen-bond acceptors (Lipinski definition) is 3. The number of aliphatic imine (C=N–C) groups is 1. The van der Waals surface area contributed by atoms with Gasteiger partial charge in [-0.1, -0.05) is 32.0 Å². The van der Waals surface area contributed by atoms with E-state index in [0.29, 0.717) is 5.92 Å². The van der Waals surface area contributed by atoms with Crippen LogP contribution in [0, 0.1) is 24.0 Å². The van der Waals surface area contributed by atoms with Gasteiger partial charge in [-0.25, -0.2) is 0 Å². The Bertz CT molecular complexity index is 1020. The largest absolute Gasteiger partial charge is 0.318 e. The minimum atomic E-state index is -0.372. The molecule has 0 saturated carbocycles. The molecule has 0 aliphatic carbocycles. The van der Waals surface area contributed by atoms with Crippen molar-refractivity contribution in [3.63, 3.8) is 0 Å². The predicted molar refractivity (Wildman–Crippen MR) is 114 cm³/mol. The third-order valence-electron chi connectivity index (χ3n) is 5.20. The third kappa shape index (κ3) is 4.03. The van der Waals surface area contributed by atoms with E-state index in [-0.39, 0.29) is 10.6 Å². The lowest BCUT2D eigenvalue weighted by molar-refractivity contribution is -0.384. The number of aromatic nitrogens is 1. The number of nitrogens with zero attached hydrogens (tertiary/aromatic N) is 3. The van der Waals surface area contributed by atoms with Crippen molar-refractivity contribution in [2.75, 3.05) is 0 Å². The van der Waals surface area contributed by atoms with Crippen LogP contribution in [0.4, 0.5) is 11.4 Å². The van der Waals surface area contributed by atoms with E-state index in [2.05, 4.69) is 31.0 Å². The van der Waals surface area contributed by atoms with Crippen LogP contribution in [-0.2, 0) is 0 Å². The van der Waals surface area contributed by atoms with Crippen molar-refractivity contribution in [1.82, 2.24) is 4.57 Å². The highest BCUT2D eigenvalue weighted by molar-refractivity contribution is 5.84. The van der Waals surface area contributed by atoms with Crippen molar-refractivity contribution in [3.8, 4) is 5.69 Å². The van der Waals surface area contributed by atoms with Crippen LogP contribution < -0.4 is 0 Å². The van der Waals surface area contributed by atoms with Gasteiger partial charge in [0.1, 0.15) is 0 Å². The Morgan fingerprint density at radius 3 is 2.50 bits per heavy atom. The van der Waals surface area contributed by atoms with Crippen LogP contribution >= 0.6 is 0 Å². The van der Waals surface area contributed by atoms with E-state index >= 15 is 0 Å². The summed E-state index contributed by atoms with van der Waals surface area (Å²) in [5.74, 6) is 0.548. The van der Waals surface area contributed by atoms with Crippen LogP contribution in [0.5, 0.6) is 0 Å². The molecule has 2 aromatic carbocycles. The summed E-state index contributed by atoms with van der Waals surface area (Å²) in [4.78, 5) is 15.3. The Morgan fingerprint density at radius 2 is 1.86 bits per heavy atom. The number of non-ortho nitro benzene ring substituents is 1. The first-order valence-corrected chi connectivity index (χ1v) is 9.48. The van der Waals surface area contributed by atoms with Crippen molar-refractivity contribution in [1.29, 1.82) is 0 Å². The Labute approximate surface area is 165 Å². The molecule has 0 saturated heterocycles. The molecule has 1 aromatic heterocycles. The molecular formula is C23H25N3O2. The summed E-state index contributed by atoms with van der Waals surface area (Å²) in [6.07, 6.45) is 2.97. The summed E-state index contributed by atoms with van der Waals surface area (Å²) in [5, 5.41) is 11.1. The average Bonchev–Trinajstić information content (AvgIpc) is 2.99. The standard InChI is InChI=1S/C23H25N3O2/c1-5-16(2)19-9-11-21(12-10-19)24-15-20-13-17(3)25(18(20)4)22-7-6-8-23(14-22)26(27)28/h6-16H,5H2,1-4H3/t16-/m0/s1. The topological polar surface area (TPSA) is 60.4 Å². The van der Waals surface area contributed by atoms with Gasteiger partial charge >= 0.3 is 0 Å². The molecule has 0 N–H and O–H groups in total. The molecule has 1 heterocycles. The van der Waals surface area contributed by atoms with E-state index in [4.69, 9.17) is 0 Å². The summed E-state index contributed by atoms with van der Waals surface area (Å²) in [7, 11) is 0. The smallest absolute Gasteiger partial charge is 0.271 e. The van der Waals surface area contributed by atoms with Crippen molar-refractivity contribution in [2.24, 2.45) is 4.99 Å². The van der Waals surface area contributed by atoms with Gasteiger partial charge in [-0.2, -0.15) is 0 Å². The van der Waals surface area contributed by atoms with Crippen LogP contribution in [0.1, 0.15) is 48.7 Å². The Kier molecular flexibility index (Phi) is 5.73. The zero-order chi connectivity index (χ0) is 20.3. The molecule has 0 unspecified atom stereocenters. The van der Waals surface area contributed by atoms with Crippen molar-refractivity contribution < 1.29 is 4.92 Å². The normalized spacial score (nSPS) is 12.4. The maximum absolute atomic E-state index is 11.1. The van der Waals surface area contributed by atoms with Gasteiger partial charge in [0.2, 0.25) is 0 Å². The maximum atomic E-state index is 11.1. The Balaban J connectivity index is 1.89. The van der Waals surface area contributed by atoms with Gasteiger partial charge in [-0.3, -0.25) is 15.1 Å². The van der Waals surface area contributed by atoms with E-state index in [1.54, 1.807) is 12.1 Å². The molecule has 5 heteroatoms. The van der Waals surface area contributed by atoms with E-state index in [1.165, 1.54) is 11.6 Å². The van der Waals surface area contributed by atoms with Crippen LogP contribution in [-0.4, -0.2) is 15.7 Å². The predicted octanol–water partition coefficient (Wildman–Crippen LogP) is 6.27. The van der Waals surface area contributed by atoms with Gasteiger partial charge in [0, 0.05) is 35.3 Å². The van der Waals surface area contributed by atoms with Gasteiger partial charge < -0.3 is 4.57 Å². The quantitative estimate of drug-likeness (QED) is 0.290. The van der Waals surface area contributed by atoms with Crippen LogP contribution in [0.2, 0.25) is 0 Å². The van der Waals surface area contributed by atoms with E-state index < -0.39 is 0 Å². The highest BCUT2D eigenvalue weighted by Crippen LogP contribution is 2.25. The fourth-order valence-electron chi connectivity index (χ4n) is 3.33. The highest BCUT2D eigenvalue weighted by atomic mass is 16.6. The molecule has 0 aliphatic heterocycles. The minimum absolute atomic E-state index is 0.0848. The summed E-state index contributed by atoms with van der Waals surface area (Å²) in [6.45, 7) is 8.40. The molecule has 3 aromatic rings. The number of rotatable bonds is 6. The molecule has 144 valence electrons. The summed E-state index contributed by atoms with van der Waals surface area (Å²) < 4.78 is 2.01. The fraction of sp³-hybridized carbons (Fsp3) is 0.261. The highest BCUT2D eigenvalue weighted by Gasteiger charge is 2.12. The first-order chi connectivity index (χ1) is 13.4. The Hall–Kier alpha value is -3.21. The summed E-state index contributed by atoms with van der Waals surface area (Å²) in [6, 6.07) is 17.1. The molecule has 5 nitrogen and oxygen atoms in total. The molecule has 0 bridgehead atoms. The zero-order valence-electron chi connectivity index (χ0n) is 16.7. The summed E-state index contributed by atoms with van der Waals surface area (Å²) >= 11 is 0. The number of hydrogen-bond donors (Lipinski definition) is 0. The second-order valence-electron chi connectivity index (χ2n) is 7.10. The molecular weight excluding hydrogens is 350 g/mol. The fourth-order valence-corrected chi connectivity index (χ4v) is 3.33. The van der Waals surface area contributed by atoms with Gasteiger partial charge in [0.25, 0.3) is 5.69 Å². The van der Waals surface area contributed by atoms with E-state index in [1.807, 2.05) is 48.9 Å². The molecule has 0 radical (unpaired) electrons. The number of nitro benzene ring substituents is 1. The average molecular weight is 375 g/mol. The number of aryl methyl sites for hydroxylation is 1. The second-order valence-corrected chi connectivity index (χ2v) is 7.10. The van der Waals surface area contributed by atoms with Gasteiger partial charge in [0.05, 0.1) is 16.3 Å². The monoisotopic (exact) mass is 375 g/mol. The molecule has 0 amide bonds. The van der Waals surface area contributed by atoms with Gasteiger partial charge in [0.15, 0.2) is 0 Å². The van der Waals surface area contributed by atoms with Crippen molar-refractivity contribution >= 4 is 17.6 Å².